The van der Waals surface area contributed by atoms with E-state index in [2.05, 4.69) is 40.5 Å². The molecule has 0 radical (unpaired) electrons. The average molecular weight is 446 g/mol. The molecule has 0 aliphatic carbocycles. The van der Waals surface area contributed by atoms with Crippen LogP contribution < -0.4 is 22.1 Å². The zero-order chi connectivity index (χ0) is 16.5. The third-order valence-electron chi connectivity index (χ3n) is 3.40. The Balaban J connectivity index is 0.000000257. The van der Waals surface area contributed by atoms with Gasteiger partial charge in [-0.2, -0.15) is 0 Å². The number of benzene rings is 1. The van der Waals surface area contributed by atoms with Gasteiger partial charge in [-0.25, -0.2) is 0 Å². The first kappa shape index (κ1) is 19.9. The molecule has 0 spiro atoms. The molecule has 2 heterocycles. The molecule has 126 valence electrons. The summed E-state index contributed by atoms with van der Waals surface area (Å²) in [7, 11) is 0. The molecule has 1 aromatic carbocycles. The second-order valence-corrected chi connectivity index (χ2v) is 6.50. The van der Waals surface area contributed by atoms with Crippen molar-refractivity contribution in [1.82, 2.24) is 10.2 Å². The van der Waals surface area contributed by atoms with E-state index in [4.69, 9.17) is 25.2 Å². The minimum atomic E-state index is -3.40. The summed E-state index contributed by atoms with van der Waals surface area (Å²) in [6, 6.07) is 12.3. The minimum absolute atomic E-state index is 0.767. The second kappa shape index (κ2) is 10.6. The topological polar surface area (TPSA) is 148 Å². The first-order valence-corrected chi connectivity index (χ1v) is 10.4. The summed E-state index contributed by atoms with van der Waals surface area (Å²) in [6.45, 7) is 3.56. The van der Waals surface area contributed by atoms with Gasteiger partial charge in [-0.15, -0.1) is 0 Å². The van der Waals surface area contributed by atoms with E-state index in [-0.39, 0.29) is 0 Å². The van der Waals surface area contributed by atoms with Crippen molar-refractivity contribution in [2.24, 2.45) is 0 Å². The summed E-state index contributed by atoms with van der Waals surface area (Å²) in [5.41, 5.74) is 1.44. The molecular formula is C12H18Br2N2O6. The molecular weight excluding hydrogens is 428 g/mol. The molecule has 3 N–H and O–H groups in total. The summed E-state index contributed by atoms with van der Waals surface area (Å²) in [5.74, 6) is 0. The molecule has 0 amide bonds. The first-order chi connectivity index (χ1) is 10.4. The zero-order valence-electron chi connectivity index (χ0n) is 11.6. The third-order valence-corrected chi connectivity index (χ3v) is 3.40. The number of piperazine rings is 1. The fourth-order valence-corrected chi connectivity index (χ4v) is 2.66. The summed E-state index contributed by atoms with van der Waals surface area (Å²) in [4.78, 5) is 2.61. The normalized spacial score (nSPS) is 23.1. The number of rotatable bonds is 2. The molecule has 3 rings (SSSR count). The van der Waals surface area contributed by atoms with Gasteiger partial charge >= 0.3 is 29.6 Å². The Bertz CT molecular complexity index is 400. The minimum Gasteiger partial charge on any atom is -0.372 e. The highest BCUT2D eigenvalue weighted by molar-refractivity contribution is 5.15. The zero-order valence-corrected chi connectivity index (χ0v) is 14.8. The standard InChI is InChI=1S/C12H16N2.2BrHO3/c1-2-4-10(5-3-1)8-14-9-11-6-12(14)7-13-11;2*2-1(3)4/h1-5,11-13H,6-9H2;2*2H/t11-,12-;;/m0../s1. The van der Waals surface area contributed by atoms with Gasteiger partial charge in [0.2, 0.25) is 0 Å². The van der Waals surface area contributed by atoms with E-state index in [1.807, 2.05) is 0 Å². The predicted octanol–water partition coefficient (Wildman–Crippen LogP) is -4.64. The lowest BCUT2D eigenvalue weighted by Crippen LogP contribution is -2.42. The fourth-order valence-electron chi connectivity index (χ4n) is 2.66. The van der Waals surface area contributed by atoms with Crippen LogP contribution in [0, 0.1) is 29.6 Å². The van der Waals surface area contributed by atoms with Crippen LogP contribution in [0.15, 0.2) is 30.3 Å². The molecule has 2 aliphatic heterocycles. The Morgan fingerprint density at radius 1 is 1.09 bits per heavy atom. The van der Waals surface area contributed by atoms with Crippen LogP contribution in [0.3, 0.4) is 0 Å². The van der Waals surface area contributed by atoms with Crippen LogP contribution >= 0.6 is 0 Å². The highest BCUT2D eigenvalue weighted by atomic mass is 80.0. The molecule has 2 atom stereocenters. The maximum atomic E-state index is 8.63. The average Bonchev–Trinajstić information content (AvgIpc) is 3.01. The van der Waals surface area contributed by atoms with E-state index >= 15 is 0 Å². The first-order valence-electron chi connectivity index (χ1n) is 6.39. The van der Waals surface area contributed by atoms with E-state index < -0.39 is 29.6 Å². The van der Waals surface area contributed by atoms with Crippen molar-refractivity contribution in [3.8, 4) is 0 Å². The van der Waals surface area contributed by atoms with Crippen molar-refractivity contribution >= 4 is 0 Å². The number of likely N-dealkylation sites (tertiary alicyclic amines) is 1. The van der Waals surface area contributed by atoms with Gasteiger partial charge < -0.3 is 22.1 Å². The van der Waals surface area contributed by atoms with E-state index in [0.717, 1.165) is 18.6 Å². The molecule has 2 bridgehead atoms. The lowest BCUT2D eigenvalue weighted by atomic mass is 10.2. The van der Waals surface area contributed by atoms with Crippen LogP contribution in [0.5, 0.6) is 0 Å². The third kappa shape index (κ3) is 8.48. The number of hydrogen-bond acceptors (Lipinski definition) is 8. The van der Waals surface area contributed by atoms with Crippen molar-refractivity contribution < 1.29 is 54.8 Å². The Kier molecular flexibility index (Phi) is 9.59. The van der Waals surface area contributed by atoms with Crippen molar-refractivity contribution in [3.05, 3.63) is 35.9 Å². The molecule has 22 heavy (non-hydrogen) atoms. The SMILES string of the molecule is [O-][Br+2]([O-])O.[O-][Br+2]([O-])O.c1ccc(CN2C[C@@H]3C[C@H]2CN3)cc1. The summed E-state index contributed by atoms with van der Waals surface area (Å²) in [5, 5.41) is 3.53. The molecule has 10 heteroatoms. The molecule has 0 unspecified atom stereocenters. The molecule has 2 aliphatic rings. The van der Waals surface area contributed by atoms with Crippen molar-refractivity contribution in [2.75, 3.05) is 13.1 Å². The Labute approximate surface area is 139 Å². The van der Waals surface area contributed by atoms with Crippen molar-refractivity contribution in [2.45, 2.75) is 25.0 Å². The fraction of sp³-hybridized carbons (Fsp3) is 0.500. The van der Waals surface area contributed by atoms with Gasteiger partial charge in [0, 0.05) is 31.7 Å². The van der Waals surface area contributed by atoms with Gasteiger partial charge in [-0.1, -0.05) is 30.3 Å². The van der Waals surface area contributed by atoms with E-state index in [1.165, 1.54) is 25.1 Å². The number of nitrogens with one attached hydrogen (secondary N) is 1. The molecule has 1 aromatic rings. The molecule has 0 saturated carbocycles. The van der Waals surface area contributed by atoms with Crippen LogP contribution in [0.4, 0.5) is 0 Å². The molecule has 8 nitrogen and oxygen atoms in total. The highest BCUT2D eigenvalue weighted by Gasteiger charge is 2.36. The van der Waals surface area contributed by atoms with Gasteiger partial charge in [-0.05, 0) is 20.4 Å². The summed E-state index contributed by atoms with van der Waals surface area (Å²) >= 11 is -6.79. The molecule has 2 fully saturated rings. The van der Waals surface area contributed by atoms with Crippen LogP contribution in [0.1, 0.15) is 12.0 Å². The Hall–Kier alpha value is -0.140. The summed E-state index contributed by atoms with van der Waals surface area (Å²) < 4.78 is 48.6. The Morgan fingerprint density at radius 2 is 1.64 bits per heavy atom. The van der Waals surface area contributed by atoms with Gasteiger partial charge in [-0.3, -0.25) is 4.90 Å². The highest BCUT2D eigenvalue weighted by Crippen LogP contribution is 2.24. The lowest BCUT2D eigenvalue weighted by molar-refractivity contribution is -1.63. The maximum absolute atomic E-state index is 8.63. The lowest BCUT2D eigenvalue weighted by Gasteiger charge is -2.27. The number of hydrogen-bond donors (Lipinski definition) is 3. The summed E-state index contributed by atoms with van der Waals surface area (Å²) in [6.07, 6.45) is 1.35. The van der Waals surface area contributed by atoms with E-state index in [9.17, 15) is 0 Å². The van der Waals surface area contributed by atoms with Crippen LogP contribution in [0.25, 0.3) is 0 Å². The number of halogens is 2. The van der Waals surface area contributed by atoms with Gasteiger partial charge in [0.1, 0.15) is 0 Å². The number of fused-ring (bicyclic) bond motifs is 2. The quantitative estimate of drug-likeness (QED) is 0.411. The van der Waals surface area contributed by atoms with Gasteiger partial charge in [0.15, 0.2) is 0 Å². The van der Waals surface area contributed by atoms with E-state index in [0.29, 0.717) is 0 Å². The van der Waals surface area contributed by atoms with Crippen molar-refractivity contribution in [3.63, 3.8) is 0 Å². The maximum Gasteiger partial charge on any atom is 0.433 e. The smallest absolute Gasteiger partial charge is 0.372 e. The largest absolute Gasteiger partial charge is 0.433 e. The monoisotopic (exact) mass is 444 g/mol. The van der Waals surface area contributed by atoms with Crippen LogP contribution in [-0.2, 0) is 6.54 Å². The predicted molar refractivity (Wildman–Crippen MR) is 61.5 cm³/mol. The number of nitrogens with zero attached hydrogens (tertiary/aromatic N) is 1. The van der Waals surface area contributed by atoms with Crippen molar-refractivity contribution in [1.29, 1.82) is 0 Å². The Morgan fingerprint density at radius 3 is 2.05 bits per heavy atom. The van der Waals surface area contributed by atoms with E-state index in [1.54, 1.807) is 0 Å². The van der Waals surface area contributed by atoms with Crippen LogP contribution in [0.2, 0.25) is 0 Å². The van der Waals surface area contributed by atoms with Gasteiger partial charge in [0.25, 0.3) is 0 Å². The second-order valence-electron chi connectivity index (χ2n) is 4.81. The van der Waals surface area contributed by atoms with Gasteiger partial charge in [0.05, 0.1) is 0 Å². The van der Waals surface area contributed by atoms with Crippen LogP contribution in [-0.4, -0.2) is 38.5 Å². The molecule has 2 saturated heterocycles. The molecule has 0 aromatic heterocycles.